The number of piperidine rings is 1. The Morgan fingerprint density at radius 1 is 1.62 bits per heavy atom. The average molecular weight is 179 g/mol. The van der Waals surface area contributed by atoms with Gasteiger partial charge in [0.2, 0.25) is 0 Å². The van der Waals surface area contributed by atoms with Crippen LogP contribution in [0.1, 0.15) is 31.4 Å². The molecule has 2 atom stereocenters. The number of hydrogen-bond donors (Lipinski definition) is 1. The van der Waals surface area contributed by atoms with Gasteiger partial charge in [-0.3, -0.25) is 4.68 Å². The van der Waals surface area contributed by atoms with Crippen molar-refractivity contribution in [1.82, 2.24) is 15.1 Å². The highest BCUT2D eigenvalue weighted by Gasteiger charge is 2.22. The predicted octanol–water partition coefficient (Wildman–Crippen LogP) is 1.48. The molecular formula is C10H17N3. The molecule has 1 aromatic rings. The second-order valence-electron chi connectivity index (χ2n) is 4.00. The van der Waals surface area contributed by atoms with Gasteiger partial charge in [0.25, 0.3) is 0 Å². The Kier molecular flexibility index (Phi) is 2.36. The van der Waals surface area contributed by atoms with Gasteiger partial charge in [-0.15, -0.1) is 0 Å². The monoisotopic (exact) mass is 179 g/mol. The third kappa shape index (κ3) is 1.75. The van der Waals surface area contributed by atoms with E-state index in [1.165, 1.54) is 18.4 Å². The van der Waals surface area contributed by atoms with E-state index in [1.807, 2.05) is 17.9 Å². The van der Waals surface area contributed by atoms with Gasteiger partial charge in [-0.05, 0) is 25.3 Å². The summed E-state index contributed by atoms with van der Waals surface area (Å²) in [5.41, 5.74) is 1.33. The van der Waals surface area contributed by atoms with Crippen molar-refractivity contribution in [2.75, 3.05) is 6.54 Å². The van der Waals surface area contributed by atoms with Gasteiger partial charge in [-0.25, -0.2) is 0 Å². The minimum Gasteiger partial charge on any atom is -0.310 e. The van der Waals surface area contributed by atoms with Gasteiger partial charge in [-0.2, -0.15) is 5.10 Å². The highest BCUT2D eigenvalue weighted by Crippen LogP contribution is 2.27. The predicted molar refractivity (Wildman–Crippen MR) is 52.3 cm³/mol. The first-order valence-electron chi connectivity index (χ1n) is 4.99. The summed E-state index contributed by atoms with van der Waals surface area (Å²) in [7, 11) is 1.97. The zero-order valence-corrected chi connectivity index (χ0v) is 8.33. The lowest BCUT2D eigenvalue weighted by atomic mass is 9.89. The first-order valence-corrected chi connectivity index (χ1v) is 4.99. The highest BCUT2D eigenvalue weighted by molar-refractivity contribution is 5.12. The van der Waals surface area contributed by atoms with Crippen LogP contribution in [0.15, 0.2) is 12.4 Å². The zero-order chi connectivity index (χ0) is 9.26. The van der Waals surface area contributed by atoms with Crippen LogP contribution in [0, 0.1) is 5.92 Å². The molecule has 0 radical (unpaired) electrons. The molecular weight excluding hydrogens is 162 g/mol. The summed E-state index contributed by atoms with van der Waals surface area (Å²) in [6.45, 7) is 3.45. The zero-order valence-electron chi connectivity index (χ0n) is 8.33. The quantitative estimate of drug-likeness (QED) is 0.707. The maximum absolute atomic E-state index is 4.20. The van der Waals surface area contributed by atoms with E-state index in [0.29, 0.717) is 6.04 Å². The van der Waals surface area contributed by atoms with Crippen LogP contribution in [0.25, 0.3) is 0 Å². The number of aryl methyl sites for hydroxylation is 1. The molecule has 1 aliphatic heterocycles. The molecule has 3 heteroatoms. The maximum Gasteiger partial charge on any atom is 0.0537 e. The Morgan fingerprint density at radius 3 is 3.08 bits per heavy atom. The van der Waals surface area contributed by atoms with E-state index in [2.05, 4.69) is 23.5 Å². The molecule has 2 rings (SSSR count). The summed E-state index contributed by atoms with van der Waals surface area (Å²) in [6.07, 6.45) is 6.71. The normalized spacial score (nSPS) is 29.1. The average Bonchev–Trinajstić information content (AvgIpc) is 2.53. The van der Waals surface area contributed by atoms with Crippen molar-refractivity contribution in [2.24, 2.45) is 13.0 Å². The molecule has 0 bridgehead atoms. The largest absolute Gasteiger partial charge is 0.310 e. The number of aromatic nitrogens is 2. The Balaban J connectivity index is 2.14. The molecule has 1 fully saturated rings. The van der Waals surface area contributed by atoms with E-state index in [1.54, 1.807) is 0 Å². The van der Waals surface area contributed by atoms with Crippen LogP contribution in [0.4, 0.5) is 0 Å². The summed E-state index contributed by atoms with van der Waals surface area (Å²) >= 11 is 0. The summed E-state index contributed by atoms with van der Waals surface area (Å²) in [6, 6.07) is 0.516. The standard InChI is InChI=1S/C10H17N3/c1-8-4-3-5-11-10(8)9-6-12-13(2)7-9/h6-8,10-11H,3-5H2,1-2H3. The summed E-state index contributed by atoms with van der Waals surface area (Å²) in [4.78, 5) is 0. The summed E-state index contributed by atoms with van der Waals surface area (Å²) in [5, 5.41) is 7.75. The minimum atomic E-state index is 0.516. The molecule has 1 aliphatic rings. The van der Waals surface area contributed by atoms with Crippen LogP contribution in [0.5, 0.6) is 0 Å². The van der Waals surface area contributed by atoms with Gasteiger partial charge in [0.1, 0.15) is 0 Å². The number of rotatable bonds is 1. The Labute approximate surface area is 79.1 Å². The van der Waals surface area contributed by atoms with Crippen LogP contribution >= 0.6 is 0 Å². The van der Waals surface area contributed by atoms with Gasteiger partial charge in [0, 0.05) is 24.8 Å². The minimum absolute atomic E-state index is 0.516. The van der Waals surface area contributed by atoms with E-state index in [4.69, 9.17) is 0 Å². The molecule has 1 saturated heterocycles. The molecule has 0 saturated carbocycles. The van der Waals surface area contributed by atoms with Crippen LogP contribution in [0.2, 0.25) is 0 Å². The summed E-state index contributed by atoms with van der Waals surface area (Å²) in [5.74, 6) is 0.734. The lowest BCUT2D eigenvalue weighted by molar-refractivity contribution is 0.306. The van der Waals surface area contributed by atoms with Crippen molar-refractivity contribution < 1.29 is 0 Å². The van der Waals surface area contributed by atoms with Crippen molar-refractivity contribution in [3.05, 3.63) is 18.0 Å². The van der Waals surface area contributed by atoms with Crippen molar-refractivity contribution in [3.8, 4) is 0 Å². The molecule has 1 N–H and O–H groups in total. The molecule has 1 aromatic heterocycles. The fraction of sp³-hybridized carbons (Fsp3) is 0.700. The molecule has 0 spiro atoms. The van der Waals surface area contributed by atoms with Gasteiger partial charge >= 0.3 is 0 Å². The Morgan fingerprint density at radius 2 is 2.46 bits per heavy atom. The van der Waals surface area contributed by atoms with Gasteiger partial charge in [-0.1, -0.05) is 6.92 Å². The van der Waals surface area contributed by atoms with Crippen molar-refractivity contribution in [1.29, 1.82) is 0 Å². The van der Waals surface area contributed by atoms with E-state index >= 15 is 0 Å². The molecule has 2 heterocycles. The van der Waals surface area contributed by atoms with Crippen LogP contribution in [-0.4, -0.2) is 16.3 Å². The Hall–Kier alpha value is -0.830. The highest BCUT2D eigenvalue weighted by atomic mass is 15.2. The first kappa shape index (κ1) is 8.75. The smallest absolute Gasteiger partial charge is 0.0537 e. The van der Waals surface area contributed by atoms with E-state index in [0.717, 1.165) is 12.5 Å². The van der Waals surface area contributed by atoms with Gasteiger partial charge in [0.05, 0.1) is 6.20 Å². The lowest BCUT2D eigenvalue weighted by Gasteiger charge is -2.29. The second-order valence-corrected chi connectivity index (χ2v) is 4.00. The van der Waals surface area contributed by atoms with E-state index < -0.39 is 0 Å². The van der Waals surface area contributed by atoms with Gasteiger partial charge < -0.3 is 5.32 Å². The molecule has 0 aromatic carbocycles. The molecule has 2 unspecified atom stereocenters. The Bertz CT molecular complexity index is 279. The number of hydrogen-bond acceptors (Lipinski definition) is 2. The van der Waals surface area contributed by atoms with E-state index in [-0.39, 0.29) is 0 Å². The SMILES string of the molecule is CC1CCCNC1c1cnn(C)c1. The maximum atomic E-state index is 4.20. The van der Waals surface area contributed by atoms with Crippen molar-refractivity contribution >= 4 is 0 Å². The fourth-order valence-electron chi connectivity index (χ4n) is 2.10. The van der Waals surface area contributed by atoms with Crippen LogP contribution in [0.3, 0.4) is 0 Å². The molecule has 0 amide bonds. The molecule has 3 nitrogen and oxygen atoms in total. The molecule has 0 aliphatic carbocycles. The topological polar surface area (TPSA) is 29.9 Å². The third-order valence-corrected chi connectivity index (χ3v) is 2.85. The lowest BCUT2D eigenvalue weighted by Crippen LogP contribution is -2.32. The summed E-state index contributed by atoms with van der Waals surface area (Å²) < 4.78 is 1.87. The third-order valence-electron chi connectivity index (χ3n) is 2.85. The van der Waals surface area contributed by atoms with Crippen molar-refractivity contribution in [3.63, 3.8) is 0 Å². The van der Waals surface area contributed by atoms with Crippen molar-refractivity contribution in [2.45, 2.75) is 25.8 Å². The first-order chi connectivity index (χ1) is 6.27. The second kappa shape index (κ2) is 3.50. The van der Waals surface area contributed by atoms with Crippen LogP contribution in [-0.2, 0) is 7.05 Å². The van der Waals surface area contributed by atoms with E-state index in [9.17, 15) is 0 Å². The molecule has 13 heavy (non-hydrogen) atoms. The number of nitrogens with one attached hydrogen (secondary N) is 1. The van der Waals surface area contributed by atoms with Crippen LogP contribution < -0.4 is 5.32 Å². The number of nitrogens with zero attached hydrogens (tertiary/aromatic N) is 2. The molecule has 72 valence electrons. The fourth-order valence-corrected chi connectivity index (χ4v) is 2.10. The van der Waals surface area contributed by atoms with Gasteiger partial charge in [0.15, 0.2) is 0 Å².